The van der Waals surface area contributed by atoms with E-state index in [1.807, 2.05) is 13.2 Å². The highest BCUT2D eigenvalue weighted by Gasteiger charge is 2.37. The highest BCUT2D eigenvalue weighted by atomic mass is 15.3. The molecule has 6 heteroatoms. The van der Waals surface area contributed by atoms with E-state index >= 15 is 0 Å². The van der Waals surface area contributed by atoms with Crippen molar-refractivity contribution >= 4 is 16.9 Å². The van der Waals surface area contributed by atoms with E-state index < -0.39 is 0 Å². The lowest BCUT2D eigenvalue weighted by atomic mass is 9.73. The standard InChI is InChI=1S/C14H22N6/c1-10-5-3-4-6-14(10,8-15)19-12-11-7-18-20(2)13(11)17-9-16-12/h7,9-10H,3-6,8,15H2,1-2H3,(H,16,17,19). The van der Waals surface area contributed by atoms with Crippen molar-refractivity contribution in [2.75, 3.05) is 11.9 Å². The average molecular weight is 274 g/mol. The second-order valence-corrected chi connectivity index (χ2v) is 5.86. The topological polar surface area (TPSA) is 81.7 Å². The van der Waals surface area contributed by atoms with Gasteiger partial charge >= 0.3 is 0 Å². The van der Waals surface area contributed by atoms with E-state index in [1.54, 1.807) is 11.0 Å². The second kappa shape index (κ2) is 5.01. The number of aryl methyl sites for hydroxylation is 1. The summed E-state index contributed by atoms with van der Waals surface area (Å²) in [4.78, 5) is 8.69. The highest BCUT2D eigenvalue weighted by molar-refractivity contribution is 5.86. The van der Waals surface area contributed by atoms with E-state index in [1.165, 1.54) is 19.3 Å². The van der Waals surface area contributed by atoms with E-state index in [-0.39, 0.29) is 5.54 Å². The summed E-state index contributed by atoms with van der Waals surface area (Å²) < 4.78 is 1.77. The van der Waals surface area contributed by atoms with Gasteiger partial charge in [-0.05, 0) is 18.8 Å². The molecule has 2 unspecified atom stereocenters. The molecule has 0 spiro atoms. The van der Waals surface area contributed by atoms with E-state index in [9.17, 15) is 0 Å². The summed E-state index contributed by atoms with van der Waals surface area (Å²) in [6, 6.07) is 0. The third-order valence-corrected chi connectivity index (χ3v) is 4.71. The molecule has 1 saturated carbocycles. The molecule has 0 aromatic carbocycles. The first-order valence-corrected chi connectivity index (χ1v) is 7.27. The van der Waals surface area contributed by atoms with Crippen molar-refractivity contribution in [3.05, 3.63) is 12.5 Å². The Kier molecular flexibility index (Phi) is 3.33. The first-order chi connectivity index (χ1) is 9.66. The Balaban J connectivity index is 1.99. The second-order valence-electron chi connectivity index (χ2n) is 5.86. The van der Waals surface area contributed by atoms with Crippen LogP contribution in [0.1, 0.15) is 32.6 Å². The number of hydrogen-bond acceptors (Lipinski definition) is 5. The average Bonchev–Trinajstić information content (AvgIpc) is 2.84. The van der Waals surface area contributed by atoms with Crippen LogP contribution in [-0.2, 0) is 7.05 Å². The van der Waals surface area contributed by atoms with Crippen molar-refractivity contribution in [3.8, 4) is 0 Å². The van der Waals surface area contributed by atoms with Crippen LogP contribution in [0.3, 0.4) is 0 Å². The molecule has 1 aliphatic rings. The highest BCUT2D eigenvalue weighted by Crippen LogP contribution is 2.36. The minimum atomic E-state index is -0.0601. The summed E-state index contributed by atoms with van der Waals surface area (Å²) in [5.74, 6) is 1.39. The quantitative estimate of drug-likeness (QED) is 0.890. The predicted molar refractivity (Wildman–Crippen MR) is 79.3 cm³/mol. The van der Waals surface area contributed by atoms with Crippen molar-refractivity contribution in [2.45, 2.75) is 38.1 Å². The lowest BCUT2D eigenvalue weighted by Gasteiger charge is -2.43. The Morgan fingerprint density at radius 3 is 3.05 bits per heavy atom. The van der Waals surface area contributed by atoms with E-state index in [2.05, 4.69) is 27.3 Å². The molecule has 1 aliphatic carbocycles. The molecule has 0 amide bonds. The van der Waals surface area contributed by atoms with Gasteiger partial charge in [-0.15, -0.1) is 0 Å². The minimum absolute atomic E-state index is 0.0601. The number of nitrogens with zero attached hydrogens (tertiary/aromatic N) is 4. The lowest BCUT2D eigenvalue weighted by Crippen LogP contribution is -2.52. The Morgan fingerprint density at radius 2 is 2.30 bits per heavy atom. The molecule has 2 heterocycles. The molecule has 1 fully saturated rings. The van der Waals surface area contributed by atoms with Gasteiger partial charge in [-0.2, -0.15) is 5.10 Å². The van der Waals surface area contributed by atoms with Gasteiger partial charge < -0.3 is 11.1 Å². The Hall–Kier alpha value is -1.69. The Labute approximate surface area is 118 Å². The van der Waals surface area contributed by atoms with E-state index in [0.29, 0.717) is 12.5 Å². The van der Waals surface area contributed by atoms with Crippen LogP contribution >= 0.6 is 0 Å². The van der Waals surface area contributed by atoms with Crippen LogP contribution in [-0.4, -0.2) is 31.8 Å². The molecule has 2 atom stereocenters. The fourth-order valence-corrected chi connectivity index (χ4v) is 3.25. The Morgan fingerprint density at radius 1 is 1.45 bits per heavy atom. The summed E-state index contributed by atoms with van der Waals surface area (Å²) in [6.07, 6.45) is 8.22. The fourth-order valence-electron chi connectivity index (χ4n) is 3.25. The van der Waals surface area contributed by atoms with Crippen LogP contribution in [0.15, 0.2) is 12.5 Å². The van der Waals surface area contributed by atoms with E-state index in [4.69, 9.17) is 5.73 Å². The molecule has 2 aromatic heterocycles. The van der Waals surface area contributed by atoms with Gasteiger partial charge in [-0.3, -0.25) is 4.68 Å². The first-order valence-electron chi connectivity index (χ1n) is 7.27. The number of nitrogens with one attached hydrogen (secondary N) is 1. The van der Waals surface area contributed by atoms with Gasteiger partial charge in [0, 0.05) is 13.6 Å². The molecule has 0 aliphatic heterocycles. The summed E-state index contributed by atoms with van der Waals surface area (Å²) in [5.41, 5.74) is 6.88. The molecule has 3 rings (SSSR count). The molecule has 3 N–H and O–H groups in total. The number of fused-ring (bicyclic) bond motifs is 1. The molecular weight excluding hydrogens is 252 g/mol. The molecule has 2 aromatic rings. The molecule has 0 saturated heterocycles. The number of nitrogens with two attached hydrogens (primary N) is 1. The summed E-state index contributed by atoms with van der Waals surface area (Å²) in [5, 5.41) is 8.84. The van der Waals surface area contributed by atoms with Gasteiger partial charge in [-0.1, -0.05) is 19.8 Å². The van der Waals surface area contributed by atoms with Crippen LogP contribution in [0, 0.1) is 5.92 Å². The normalized spacial score (nSPS) is 26.9. The van der Waals surface area contributed by atoms with Crippen LogP contribution in [0.2, 0.25) is 0 Å². The van der Waals surface area contributed by atoms with Gasteiger partial charge in [-0.25, -0.2) is 9.97 Å². The molecule has 0 bridgehead atoms. The third-order valence-electron chi connectivity index (χ3n) is 4.71. The maximum absolute atomic E-state index is 6.10. The summed E-state index contributed by atoms with van der Waals surface area (Å²) in [7, 11) is 1.89. The maximum Gasteiger partial charge on any atom is 0.163 e. The van der Waals surface area contributed by atoms with Gasteiger partial charge in [0.2, 0.25) is 0 Å². The zero-order valence-corrected chi connectivity index (χ0v) is 12.1. The molecule has 0 radical (unpaired) electrons. The largest absolute Gasteiger partial charge is 0.362 e. The lowest BCUT2D eigenvalue weighted by molar-refractivity contribution is 0.235. The van der Waals surface area contributed by atoms with Crippen molar-refractivity contribution in [3.63, 3.8) is 0 Å². The smallest absolute Gasteiger partial charge is 0.163 e. The van der Waals surface area contributed by atoms with Crippen molar-refractivity contribution < 1.29 is 0 Å². The molecule has 20 heavy (non-hydrogen) atoms. The Bertz CT molecular complexity index is 607. The fraction of sp³-hybridized carbons (Fsp3) is 0.643. The van der Waals surface area contributed by atoms with Gasteiger partial charge in [0.05, 0.1) is 17.1 Å². The monoisotopic (exact) mass is 274 g/mol. The van der Waals surface area contributed by atoms with Crippen molar-refractivity contribution in [1.82, 2.24) is 19.7 Å². The third kappa shape index (κ3) is 2.04. The number of rotatable bonds is 3. The number of hydrogen-bond donors (Lipinski definition) is 2. The van der Waals surface area contributed by atoms with E-state index in [0.717, 1.165) is 23.3 Å². The van der Waals surface area contributed by atoms with Crippen LogP contribution in [0.25, 0.3) is 11.0 Å². The van der Waals surface area contributed by atoms with Crippen molar-refractivity contribution in [1.29, 1.82) is 0 Å². The summed E-state index contributed by atoms with van der Waals surface area (Å²) >= 11 is 0. The molecular formula is C14H22N6. The maximum atomic E-state index is 6.10. The van der Waals surface area contributed by atoms with Gasteiger partial charge in [0.25, 0.3) is 0 Å². The van der Waals surface area contributed by atoms with Gasteiger partial charge in [0.1, 0.15) is 12.1 Å². The SMILES string of the molecule is CC1CCCCC1(CN)Nc1ncnc2c1cnn2C. The number of aromatic nitrogens is 4. The zero-order chi connectivity index (χ0) is 14.2. The predicted octanol–water partition coefficient (Wildman–Crippen LogP) is 1.68. The van der Waals surface area contributed by atoms with Crippen LogP contribution < -0.4 is 11.1 Å². The number of anilines is 1. The minimum Gasteiger partial charge on any atom is -0.362 e. The summed E-state index contributed by atoms with van der Waals surface area (Å²) in [6.45, 7) is 2.90. The van der Waals surface area contributed by atoms with Crippen LogP contribution in [0.4, 0.5) is 5.82 Å². The molecule has 6 nitrogen and oxygen atoms in total. The van der Waals surface area contributed by atoms with Gasteiger partial charge in [0.15, 0.2) is 5.65 Å². The van der Waals surface area contributed by atoms with Crippen molar-refractivity contribution in [2.24, 2.45) is 18.7 Å². The van der Waals surface area contributed by atoms with Crippen LogP contribution in [0.5, 0.6) is 0 Å². The first kappa shape index (κ1) is 13.3. The zero-order valence-electron chi connectivity index (χ0n) is 12.1. The molecule has 108 valence electrons.